The number of aliphatic hydroxyl groups excluding tert-OH is 1. The normalized spacial score (nSPS) is 14.1. The van der Waals surface area contributed by atoms with Crippen molar-refractivity contribution in [1.29, 1.82) is 0 Å². The maximum atomic E-state index is 10.5. The molecule has 0 saturated heterocycles. The second-order valence-electron chi connectivity index (χ2n) is 2.03. The summed E-state index contributed by atoms with van der Waals surface area (Å²) < 4.78 is 24.5. The largest absolute Gasteiger partial charge is 0.381 e. The third-order valence-corrected chi connectivity index (χ3v) is 1.36. The number of carbonyl (C=O) groups excluding carboxylic acids is 1. The van der Waals surface area contributed by atoms with Crippen molar-refractivity contribution in [3.63, 3.8) is 0 Å². The molecule has 6 heteroatoms. The summed E-state index contributed by atoms with van der Waals surface area (Å²) in [6, 6.07) is 0. The third-order valence-electron chi connectivity index (χ3n) is 0.892. The Morgan fingerprint density at radius 3 is 2.36 bits per heavy atom. The highest BCUT2D eigenvalue weighted by atomic mass is 32.2. The highest BCUT2D eigenvalue weighted by Gasteiger charge is 2.18. The number of carbonyl (C=O) groups is 1. The predicted octanol–water partition coefficient (Wildman–Crippen LogP) is -0.740. The Bertz CT molecular complexity index is 229. The number of hydrogen-bond donors (Lipinski definition) is 1. The van der Waals surface area contributed by atoms with Gasteiger partial charge in [-0.1, -0.05) is 6.92 Å². The van der Waals surface area contributed by atoms with Gasteiger partial charge in [0.1, 0.15) is 0 Å². The van der Waals surface area contributed by atoms with E-state index in [1.54, 1.807) is 0 Å². The fraction of sp³-hybridized carbons (Fsp3) is 0.800. The van der Waals surface area contributed by atoms with E-state index in [1.807, 2.05) is 0 Å². The van der Waals surface area contributed by atoms with E-state index in [4.69, 9.17) is 5.11 Å². The molecule has 1 unspecified atom stereocenters. The van der Waals surface area contributed by atoms with Crippen LogP contribution in [0, 0.1) is 0 Å². The van der Waals surface area contributed by atoms with Crippen LogP contribution in [-0.2, 0) is 19.1 Å². The molecule has 0 aliphatic carbocycles. The molecule has 0 aliphatic rings. The SMILES string of the molecule is CCC(O)C(=O)OS(C)(=O)=O. The summed E-state index contributed by atoms with van der Waals surface area (Å²) in [5.74, 6) is -1.13. The molecule has 0 aliphatic heterocycles. The molecule has 0 aromatic heterocycles. The van der Waals surface area contributed by atoms with E-state index in [-0.39, 0.29) is 6.42 Å². The van der Waals surface area contributed by atoms with Crippen LogP contribution < -0.4 is 0 Å². The zero-order valence-corrected chi connectivity index (χ0v) is 7.09. The Labute approximate surface area is 65.1 Å². The molecule has 1 N–H and O–H groups in total. The van der Waals surface area contributed by atoms with Crippen molar-refractivity contribution in [1.82, 2.24) is 0 Å². The molecular formula is C5H10O5S. The van der Waals surface area contributed by atoms with Crippen LogP contribution in [0.2, 0.25) is 0 Å². The Balaban J connectivity index is 4.10. The summed E-state index contributed by atoms with van der Waals surface area (Å²) >= 11 is 0. The topological polar surface area (TPSA) is 80.7 Å². The van der Waals surface area contributed by atoms with Gasteiger partial charge < -0.3 is 9.29 Å². The average molecular weight is 182 g/mol. The fourth-order valence-corrected chi connectivity index (χ4v) is 0.781. The van der Waals surface area contributed by atoms with Gasteiger partial charge in [-0.25, -0.2) is 4.79 Å². The van der Waals surface area contributed by atoms with E-state index in [0.717, 1.165) is 6.26 Å². The van der Waals surface area contributed by atoms with Gasteiger partial charge in [0.05, 0.1) is 6.26 Å². The fourth-order valence-electron chi connectivity index (χ4n) is 0.371. The molecule has 66 valence electrons. The quantitative estimate of drug-likeness (QED) is 0.581. The van der Waals surface area contributed by atoms with Crippen molar-refractivity contribution in [3.05, 3.63) is 0 Å². The molecular weight excluding hydrogens is 172 g/mol. The van der Waals surface area contributed by atoms with Crippen LogP contribution in [0.4, 0.5) is 0 Å². The minimum absolute atomic E-state index is 0.133. The van der Waals surface area contributed by atoms with Gasteiger partial charge >= 0.3 is 16.1 Å². The monoisotopic (exact) mass is 182 g/mol. The highest BCUT2D eigenvalue weighted by molar-refractivity contribution is 7.86. The van der Waals surface area contributed by atoms with Crippen LogP contribution in [0.15, 0.2) is 0 Å². The first kappa shape index (κ1) is 10.4. The molecule has 0 rings (SSSR count). The highest BCUT2D eigenvalue weighted by Crippen LogP contribution is 1.96. The summed E-state index contributed by atoms with van der Waals surface area (Å²) in [5, 5.41) is 8.75. The van der Waals surface area contributed by atoms with E-state index < -0.39 is 22.2 Å². The lowest BCUT2D eigenvalue weighted by atomic mass is 10.3. The number of hydrogen-bond acceptors (Lipinski definition) is 5. The molecule has 0 saturated carbocycles. The maximum absolute atomic E-state index is 10.5. The van der Waals surface area contributed by atoms with Crippen molar-refractivity contribution in [2.24, 2.45) is 0 Å². The minimum Gasteiger partial charge on any atom is -0.381 e. The van der Waals surface area contributed by atoms with Crippen LogP contribution in [-0.4, -0.2) is 31.9 Å². The van der Waals surface area contributed by atoms with Gasteiger partial charge in [0.2, 0.25) is 0 Å². The summed E-state index contributed by atoms with van der Waals surface area (Å²) in [6.45, 7) is 1.54. The molecule has 0 amide bonds. The molecule has 0 aromatic rings. The molecule has 0 fully saturated rings. The van der Waals surface area contributed by atoms with Crippen LogP contribution in [0.1, 0.15) is 13.3 Å². The lowest BCUT2D eigenvalue weighted by Gasteiger charge is -2.04. The van der Waals surface area contributed by atoms with Crippen molar-refractivity contribution >= 4 is 16.1 Å². The van der Waals surface area contributed by atoms with E-state index in [2.05, 4.69) is 4.18 Å². The molecule has 0 bridgehead atoms. The first-order valence-corrected chi connectivity index (χ1v) is 4.80. The summed E-state index contributed by atoms with van der Waals surface area (Å²) in [5.41, 5.74) is 0. The Morgan fingerprint density at radius 2 is 2.09 bits per heavy atom. The van der Waals surface area contributed by atoms with Gasteiger partial charge in [-0.05, 0) is 6.42 Å². The number of rotatable bonds is 3. The zero-order valence-electron chi connectivity index (χ0n) is 6.27. The van der Waals surface area contributed by atoms with E-state index in [1.165, 1.54) is 6.92 Å². The summed E-state index contributed by atoms with van der Waals surface area (Å²) in [4.78, 5) is 10.5. The Morgan fingerprint density at radius 1 is 1.64 bits per heavy atom. The molecule has 0 aromatic carbocycles. The summed E-state index contributed by atoms with van der Waals surface area (Å²) in [7, 11) is -3.79. The molecule has 11 heavy (non-hydrogen) atoms. The lowest BCUT2D eigenvalue weighted by Crippen LogP contribution is -2.24. The van der Waals surface area contributed by atoms with Gasteiger partial charge in [-0.15, -0.1) is 0 Å². The van der Waals surface area contributed by atoms with Crippen LogP contribution in [0.25, 0.3) is 0 Å². The predicted molar refractivity (Wildman–Crippen MR) is 37.2 cm³/mol. The van der Waals surface area contributed by atoms with E-state index in [0.29, 0.717) is 0 Å². The van der Waals surface area contributed by atoms with E-state index >= 15 is 0 Å². The van der Waals surface area contributed by atoms with E-state index in [9.17, 15) is 13.2 Å². The van der Waals surface area contributed by atoms with Crippen molar-refractivity contribution in [2.75, 3.05) is 6.26 Å². The zero-order chi connectivity index (χ0) is 9.07. The average Bonchev–Trinajstić information content (AvgIpc) is 1.82. The van der Waals surface area contributed by atoms with Gasteiger partial charge in [-0.3, -0.25) is 0 Å². The minimum atomic E-state index is -3.79. The molecule has 0 spiro atoms. The van der Waals surface area contributed by atoms with Crippen molar-refractivity contribution in [3.8, 4) is 0 Å². The first-order valence-electron chi connectivity index (χ1n) is 2.98. The first-order chi connectivity index (χ1) is 4.87. The molecule has 5 nitrogen and oxygen atoms in total. The Kier molecular flexibility index (Phi) is 3.47. The molecule has 0 radical (unpaired) electrons. The van der Waals surface area contributed by atoms with Gasteiger partial charge in [0.25, 0.3) is 0 Å². The van der Waals surface area contributed by atoms with Crippen LogP contribution >= 0.6 is 0 Å². The van der Waals surface area contributed by atoms with Crippen LogP contribution in [0.5, 0.6) is 0 Å². The summed E-state index contributed by atoms with van der Waals surface area (Å²) in [6.07, 6.45) is -0.480. The molecule has 0 heterocycles. The maximum Gasteiger partial charge on any atom is 0.350 e. The van der Waals surface area contributed by atoms with Gasteiger partial charge in [0.15, 0.2) is 6.10 Å². The van der Waals surface area contributed by atoms with Crippen LogP contribution in [0.3, 0.4) is 0 Å². The smallest absolute Gasteiger partial charge is 0.350 e. The second kappa shape index (κ2) is 3.68. The second-order valence-corrected chi connectivity index (χ2v) is 3.61. The van der Waals surface area contributed by atoms with Crippen molar-refractivity contribution < 1.29 is 22.5 Å². The Hall–Kier alpha value is -0.620. The van der Waals surface area contributed by atoms with Gasteiger partial charge in [0, 0.05) is 0 Å². The number of aliphatic hydroxyl groups is 1. The lowest BCUT2D eigenvalue weighted by molar-refractivity contribution is -0.143. The van der Waals surface area contributed by atoms with Crippen molar-refractivity contribution in [2.45, 2.75) is 19.4 Å². The standard InChI is InChI=1S/C5H10O5S/c1-3-4(6)5(7)10-11(2,8)9/h4,6H,3H2,1-2H3. The third kappa shape index (κ3) is 4.74. The van der Waals surface area contributed by atoms with Gasteiger partial charge in [-0.2, -0.15) is 8.42 Å². The molecule has 1 atom stereocenters.